The van der Waals surface area contributed by atoms with Crippen molar-refractivity contribution in [2.75, 3.05) is 4.90 Å². The lowest BCUT2D eigenvalue weighted by atomic mass is 10.1. The largest absolute Gasteiger partial charge is 0.392 e. The molecule has 4 aromatic rings. The summed E-state index contributed by atoms with van der Waals surface area (Å²) in [7, 11) is 0. The maximum absolute atomic E-state index is 9.34. The molecule has 0 spiro atoms. The molecule has 0 atom stereocenters. The first-order chi connectivity index (χ1) is 13.3. The molecule has 2 N–H and O–H groups in total. The number of anilines is 3. The highest BCUT2D eigenvalue weighted by molar-refractivity contribution is 5.89. The van der Waals surface area contributed by atoms with Crippen LogP contribution < -0.4 is 4.90 Å². The lowest BCUT2D eigenvalue weighted by Crippen LogP contribution is -2.10. The molecule has 27 heavy (non-hydrogen) atoms. The van der Waals surface area contributed by atoms with Crippen molar-refractivity contribution in [1.29, 1.82) is 0 Å². The Hall–Kier alpha value is -3.14. The minimum atomic E-state index is 0.0292. The van der Waals surface area contributed by atoms with Gasteiger partial charge in [-0.3, -0.25) is 0 Å². The molecule has 0 amide bonds. The second kappa shape index (κ2) is 7.62. The first kappa shape index (κ1) is 17.3. The van der Waals surface area contributed by atoms with E-state index in [-0.39, 0.29) is 13.2 Å². The predicted octanol–water partition coefficient (Wildman–Crippen LogP) is 5.29. The van der Waals surface area contributed by atoms with Crippen LogP contribution in [-0.2, 0) is 13.2 Å². The summed E-state index contributed by atoms with van der Waals surface area (Å²) in [4.78, 5) is 2.18. The van der Waals surface area contributed by atoms with E-state index in [0.717, 1.165) is 28.2 Å². The summed E-state index contributed by atoms with van der Waals surface area (Å²) in [5.41, 5.74) is 4.85. The average Bonchev–Trinajstić information content (AvgIpc) is 2.75. The molecule has 0 saturated carbocycles. The molecule has 0 aromatic heterocycles. The van der Waals surface area contributed by atoms with Gasteiger partial charge in [-0.15, -0.1) is 0 Å². The van der Waals surface area contributed by atoms with Gasteiger partial charge >= 0.3 is 0 Å². The van der Waals surface area contributed by atoms with Gasteiger partial charge in [0.2, 0.25) is 0 Å². The highest BCUT2D eigenvalue weighted by Crippen LogP contribution is 2.36. The van der Waals surface area contributed by atoms with Gasteiger partial charge < -0.3 is 15.1 Å². The van der Waals surface area contributed by atoms with Crippen molar-refractivity contribution in [3.8, 4) is 0 Å². The van der Waals surface area contributed by atoms with Gasteiger partial charge in [-0.25, -0.2) is 0 Å². The first-order valence-electron chi connectivity index (χ1n) is 8.97. The Morgan fingerprint density at radius 1 is 0.519 bits per heavy atom. The maximum atomic E-state index is 9.34. The van der Waals surface area contributed by atoms with Gasteiger partial charge in [-0.05, 0) is 58.3 Å². The van der Waals surface area contributed by atoms with Crippen molar-refractivity contribution in [2.24, 2.45) is 0 Å². The summed E-state index contributed by atoms with van der Waals surface area (Å²) in [5, 5.41) is 21.1. The Kier molecular flexibility index (Phi) is 4.88. The molecule has 0 aliphatic heterocycles. The number of nitrogens with zero attached hydrogens (tertiary/aromatic N) is 1. The number of benzene rings is 4. The zero-order valence-electron chi connectivity index (χ0n) is 14.9. The van der Waals surface area contributed by atoms with E-state index >= 15 is 0 Å². The van der Waals surface area contributed by atoms with Crippen molar-refractivity contribution >= 4 is 27.8 Å². The second-order valence-electron chi connectivity index (χ2n) is 6.52. The van der Waals surface area contributed by atoms with Crippen LogP contribution in [0.4, 0.5) is 17.1 Å². The van der Waals surface area contributed by atoms with Crippen LogP contribution in [0.3, 0.4) is 0 Å². The molecule has 0 radical (unpaired) electrons. The monoisotopic (exact) mass is 355 g/mol. The van der Waals surface area contributed by atoms with E-state index in [1.807, 2.05) is 60.7 Å². The second-order valence-corrected chi connectivity index (χ2v) is 6.52. The number of aliphatic hydroxyl groups excluding tert-OH is 2. The van der Waals surface area contributed by atoms with Crippen LogP contribution in [0.15, 0.2) is 91.0 Å². The van der Waals surface area contributed by atoms with Crippen molar-refractivity contribution in [1.82, 2.24) is 0 Å². The van der Waals surface area contributed by atoms with Gasteiger partial charge in [0.15, 0.2) is 0 Å². The third kappa shape index (κ3) is 3.56. The van der Waals surface area contributed by atoms with Crippen molar-refractivity contribution < 1.29 is 10.2 Å². The van der Waals surface area contributed by atoms with Crippen molar-refractivity contribution in [3.63, 3.8) is 0 Å². The zero-order chi connectivity index (χ0) is 18.6. The van der Waals surface area contributed by atoms with Crippen LogP contribution in [0.2, 0.25) is 0 Å². The van der Waals surface area contributed by atoms with E-state index in [2.05, 4.69) is 35.2 Å². The first-order valence-corrected chi connectivity index (χ1v) is 8.97. The molecule has 4 rings (SSSR count). The van der Waals surface area contributed by atoms with Crippen molar-refractivity contribution in [3.05, 3.63) is 102 Å². The molecule has 4 aromatic carbocycles. The Bertz CT molecular complexity index is 992. The Balaban J connectivity index is 1.84. The molecule has 0 saturated heterocycles. The number of aliphatic hydroxyl groups is 2. The summed E-state index contributed by atoms with van der Waals surface area (Å²) >= 11 is 0. The minimum Gasteiger partial charge on any atom is -0.392 e. The van der Waals surface area contributed by atoms with Crippen LogP contribution in [0.5, 0.6) is 0 Å². The molecule has 0 aliphatic carbocycles. The topological polar surface area (TPSA) is 43.7 Å². The van der Waals surface area contributed by atoms with E-state index in [4.69, 9.17) is 0 Å². The maximum Gasteiger partial charge on any atom is 0.0681 e. The van der Waals surface area contributed by atoms with Crippen LogP contribution >= 0.6 is 0 Å². The van der Waals surface area contributed by atoms with Crippen LogP contribution in [0.1, 0.15) is 11.1 Å². The highest BCUT2D eigenvalue weighted by Gasteiger charge is 2.13. The standard InChI is InChI=1S/C24H21NO2/c26-16-18-5-10-22(11-6-18)25(23-12-7-19(17-27)8-13-23)24-14-9-20-3-1-2-4-21(20)15-24/h1-15,26-27H,16-17H2. The molecule has 0 bridgehead atoms. The van der Waals surface area contributed by atoms with Crippen LogP contribution in [0.25, 0.3) is 10.8 Å². The minimum absolute atomic E-state index is 0.0292. The van der Waals surface area contributed by atoms with Gasteiger partial charge in [0, 0.05) is 17.1 Å². The molecule has 0 unspecified atom stereocenters. The van der Waals surface area contributed by atoms with E-state index < -0.39 is 0 Å². The SMILES string of the molecule is OCc1ccc(N(c2ccc(CO)cc2)c2ccc3ccccc3c2)cc1. The smallest absolute Gasteiger partial charge is 0.0681 e. The molecule has 134 valence electrons. The summed E-state index contributed by atoms with van der Waals surface area (Å²) in [5.74, 6) is 0. The summed E-state index contributed by atoms with van der Waals surface area (Å²) in [6.07, 6.45) is 0. The van der Waals surface area contributed by atoms with Crippen molar-refractivity contribution in [2.45, 2.75) is 13.2 Å². The van der Waals surface area contributed by atoms with E-state index in [1.165, 1.54) is 10.8 Å². The van der Waals surface area contributed by atoms with E-state index in [9.17, 15) is 10.2 Å². The summed E-state index contributed by atoms with van der Waals surface area (Å²) in [6.45, 7) is 0.0584. The number of hydrogen-bond donors (Lipinski definition) is 2. The van der Waals surface area contributed by atoms with Crippen LogP contribution in [-0.4, -0.2) is 10.2 Å². The third-order valence-electron chi connectivity index (χ3n) is 4.75. The zero-order valence-corrected chi connectivity index (χ0v) is 14.9. The Morgan fingerprint density at radius 3 is 1.52 bits per heavy atom. The Morgan fingerprint density at radius 2 is 1.00 bits per heavy atom. The van der Waals surface area contributed by atoms with Crippen LogP contribution in [0, 0.1) is 0 Å². The highest BCUT2D eigenvalue weighted by atomic mass is 16.3. The number of fused-ring (bicyclic) bond motifs is 1. The molecular weight excluding hydrogens is 334 g/mol. The average molecular weight is 355 g/mol. The van der Waals surface area contributed by atoms with Gasteiger partial charge in [-0.2, -0.15) is 0 Å². The number of rotatable bonds is 5. The normalized spacial score (nSPS) is 10.9. The molecular formula is C24H21NO2. The third-order valence-corrected chi connectivity index (χ3v) is 4.75. The Labute approximate surface area is 158 Å². The van der Waals surface area contributed by atoms with Gasteiger partial charge in [0.1, 0.15) is 0 Å². The number of hydrogen-bond acceptors (Lipinski definition) is 3. The van der Waals surface area contributed by atoms with Gasteiger partial charge in [0.25, 0.3) is 0 Å². The van der Waals surface area contributed by atoms with E-state index in [1.54, 1.807) is 0 Å². The lowest BCUT2D eigenvalue weighted by molar-refractivity contribution is 0.281. The van der Waals surface area contributed by atoms with E-state index in [0.29, 0.717) is 0 Å². The lowest BCUT2D eigenvalue weighted by Gasteiger charge is -2.26. The fourth-order valence-corrected chi connectivity index (χ4v) is 3.26. The molecule has 0 fully saturated rings. The molecule has 3 nitrogen and oxygen atoms in total. The quantitative estimate of drug-likeness (QED) is 0.511. The van der Waals surface area contributed by atoms with Gasteiger partial charge in [0.05, 0.1) is 13.2 Å². The fraction of sp³-hybridized carbons (Fsp3) is 0.0833. The molecule has 3 heteroatoms. The summed E-state index contributed by atoms with van der Waals surface area (Å²) in [6, 6.07) is 30.5. The summed E-state index contributed by atoms with van der Waals surface area (Å²) < 4.78 is 0. The molecule has 0 heterocycles. The van der Waals surface area contributed by atoms with Gasteiger partial charge in [-0.1, -0.05) is 54.6 Å². The predicted molar refractivity (Wildman–Crippen MR) is 110 cm³/mol. The fourth-order valence-electron chi connectivity index (χ4n) is 3.26. The molecule has 0 aliphatic rings.